The molecule has 0 N–H and O–H groups in total. The zero-order valence-electron chi connectivity index (χ0n) is 8.45. The summed E-state index contributed by atoms with van der Waals surface area (Å²) in [6.07, 6.45) is 6.38. The number of fused-ring (bicyclic) bond motifs is 1. The molecule has 1 atom stereocenters. The first-order valence-corrected chi connectivity index (χ1v) is 5.17. The Bertz CT molecular complexity index is 290. The van der Waals surface area contributed by atoms with Crippen molar-refractivity contribution in [3.8, 4) is 0 Å². The smallest absolute Gasteiger partial charge is 0.0861 e. The molecule has 3 heteroatoms. The lowest BCUT2D eigenvalue weighted by atomic mass is 9.93. The highest BCUT2D eigenvalue weighted by Crippen LogP contribution is 2.27. The Labute approximate surface area is 79.1 Å². The molecule has 3 nitrogen and oxygen atoms in total. The van der Waals surface area contributed by atoms with Gasteiger partial charge in [0, 0.05) is 7.05 Å². The molecule has 1 aliphatic carbocycles. The van der Waals surface area contributed by atoms with Crippen molar-refractivity contribution < 1.29 is 0 Å². The van der Waals surface area contributed by atoms with Crippen LogP contribution in [-0.2, 0) is 13.5 Å². The molecule has 0 saturated carbocycles. The summed E-state index contributed by atoms with van der Waals surface area (Å²) in [4.78, 5) is 0. The summed E-state index contributed by atoms with van der Waals surface area (Å²) in [5.74, 6) is 0.635. The van der Waals surface area contributed by atoms with Gasteiger partial charge in [-0.25, -0.2) is 0 Å². The van der Waals surface area contributed by atoms with E-state index in [1.165, 1.54) is 37.1 Å². The Morgan fingerprint density at radius 1 is 1.31 bits per heavy atom. The van der Waals surface area contributed by atoms with Gasteiger partial charge < -0.3 is 0 Å². The Balaban J connectivity index is 2.34. The number of hydrogen-bond donors (Lipinski definition) is 0. The first-order chi connectivity index (χ1) is 6.29. The molecule has 0 aliphatic heterocycles. The molecule has 0 saturated heterocycles. The van der Waals surface area contributed by atoms with Crippen molar-refractivity contribution in [3.05, 3.63) is 11.4 Å². The molecular weight excluding hydrogens is 162 g/mol. The van der Waals surface area contributed by atoms with Gasteiger partial charge in [-0.3, -0.25) is 4.68 Å². The van der Waals surface area contributed by atoms with Gasteiger partial charge in [-0.2, -0.15) is 0 Å². The maximum Gasteiger partial charge on any atom is 0.0861 e. The standard InChI is InChI=1S/C10H17N3/c1-8-6-4-3-5-7-9-10(8)13(2)12-11-9/h8H,3-7H2,1-2H3. The zero-order chi connectivity index (χ0) is 9.26. The molecule has 0 bridgehead atoms. The molecule has 1 heterocycles. The maximum absolute atomic E-state index is 4.22. The lowest BCUT2D eigenvalue weighted by Crippen LogP contribution is -2.07. The fourth-order valence-corrected chi connectivity index (χ4v) is 2.25. The van der Waals surface area contributed by atoms with Crippen LogP contribution in [0.4, 0.5) is 0 Å². The highest BCUT2D eigenvalue weighted by atomic mass is 15.4. The van der Waals surface area contributed by atoms with Crippen LogP contribution in [0.2, 0.25) is 0 Å². The van der Waals surface area contributed by atoms with Crippen molar-refractivity contribution in [1.29, 1.82) is 0 Å². The van der Waals surface area contributed by atoms with Crippen LogP contribution in [0.15, 0.2) is 0 Å². The molecule has 13 heavy (non-hydrogen) atoms. The minimum Gasteiger partial charge on any atom is -0.252 e. The average Bonchev–Trinajstić information content (AvgIpc) is 2.42. The first-order valence-electron chi connectivity index (χ1n) is 5.17. The largest absolute Gasteiger partial charge is 0.252 e. The summed E-state index contributed by atoms with van der Waals surface area (Å²) < 4.78 is 1.95. The van der Waals surface area contributed by atoms with E-state index >= 15 is 0 Å². The topological polar surface area (TPSA) is 30.7 Å². The van der Waals surface area contributed by atoms with Gasteiger partial charge in [-0.15, -0.1) is 5.10 Å². The molecule has 0 radical (unpaired) electrons. The van der Waals surface area contributed by atoms with Crippen molar-refractivity contribution in [3.63, 3.8) is 0 Å². The lowest BCUT2D eigenvalue weighted by Gasteiger charge is -2.15. The van der Waals surface area contributed by atoms with Crippen LogP contribution in [0.25, 0.3) is 0 Å². The van der Waals surface area contributed by atoms with Crippen LogP contribution in [0.1, 0.15) is 49.9 Å². The number of aryl methyl sites for hydroxylation is 2. The minimum absolute atomic E-state index is 0.635. The van der Waals surface area contributed by atoms with E-state index in [0.717, 1.165) is 6.42 Å². The second kappa shape index (κ2) is 3.48. The van der Waals surface area contributed by atoms with Gasteiger partial charge in [0.2, 0.25) is 0 Å². The monoisotopic (exact) mass is 179 g/mol. The molecule has 0 amide bonds. The van der Waals surface area contributed by atoms with Crippen molar-refractivity contribution >= 4 is 0 Å². The van der Waals surface area contributed by atoms with Crippen LogP contribution in [-0.4, -0.2) is 15.0 Å². The highest BCUT2D eigenvalue weighted by Gasteiger charge is 2.18. The molecule has 72 valence electrons. The van der Waals surface area contributed by atoms with Crippen molar-refractivity contribution in [2.24, 2.45) is 7.05 Å². The van der Waals surface area contributed by atoms with Gasteiger partial charge >= 0.3 is 0 Å². The van der Waals surface area contributed by atoms with E-state index in [1.807, 2.05) is 11.7 Å². The van der Waals surface area contributed by atoms with Crippen molar-refractivity contribution in [1.82, 2.24) is 15.0 Å². The lowest BCUT2D eigenvalue weighted by molar-refractivity contribution is 0.529. The Morgan fingerprint density at radius 3 is 3.00 bits per heavy atom. The van der Waals surface area contributed by atoms with E-state index < -0.39 is 0 Å². The van der Waals surface area contributed by atoms with Crippen molar-refractivity contribution in [2.45, 2.75) is 44.9 Å². The molecule has 1 aromatic heterocycles. The van der Waals surface area contributed by atoms with E-state index in [9.17, 15) is 0 Å². The summed E-state index contributed by atoms with van der Waals surface area (Å²) in [7, 11) is 2.00. The third-order valence-electron chi connectivity index (χ3n) is 2.96. The summed E-state index contributed by atoms with van der Waals surface area (Å²) in [6.45, 7) is 2.29. The molecule has 0 spiro atoms. The first kappa shape index (κ1) is 8.73. The molecule has 2 rings (SSSR count). The number of nitrogens with zero attached hydrogens (tertiary/aromatic N) is 3. The quantitative estimate of drug-likeness (QED) is 0.610. The number of aromatic nitrogens is 3. The molecular formula is C10H17N3. The van der Waals surface area contributed by atoms with E-state index in [-0.39, 0.29) is 0 Å². The van der Waals surface area contributed by atoms with Gasteiger partial charge in [-0.05, 0) is 25.2 Å². The third-order valence-corrected chi connectivity index (χ3v) is 2.96. The van der Waals surface area contributed by atoms with Crippen LogP contribution in [0, 0.1) is 0 Å². The second-order valence-corrected chi connectivity index (χ2v) is 4.05. The second-order valence-electron chi connectivity index (χ2n) is 4.05. The Morgan fingerprint density at radius 2 is 2.15 bits per heavy atom. The Hall–Kier alpha value is -0.860. The van der Waals surface area contributed by atoms with Crippen molar-refractivity contribution in [2.75, 3.05) is 0 Å². The van der Waals surface area contributed by atoms with Gasteiger partial charge in [0.1, 0.15) is 0 Å². The third kappa shape index (κ3) is 1.60. The van der Waals surface area contributed by atoms with Crippen LogP contribution >= 0.6 is 0 Å². The van der Waals surface area contributed by atoms with E-state index in [1.54, 1.807) is 0 Å². The summed E-state index contributed by atoms with van der Waals surface area (Å²) in [5, 5.41) is 8.32. The van der Waals surface area contributed by atoms with Gasteiger partial charge in [0.25, 0.3) is 0 Å². The predicted molar refractivity (Wildman–Crippen MR) is 51.6 cm³/mol. The number of hydrogen-bond acceptors (Lipinski definition) is 2. The SMILES string of the molecule is CC1CCCCCc2nnn(C)c21. The molecule has 0 fully saturated rings. The fraction of sp³-hybridized carbons (Fsp3) is 0.800. The normalized spacial score (nSPS) is 23.4. The fourth-order valence-electron chi connectivity index (χ4n) is 2.25. The Kier molecular flexibility index (Phi) is 2.34. The minimum atomic E-state index is 0.635. The predicted octanol–water partition coefficient (Wildman–Crippen LogP) is 2.04. The highest BCUT2D eigenvalue weighted by molar-refractivity contribution is 5.15. The molecule has 1 aliphatic rings. The average molecular weight is 179 g/mol. The maximum atomic E-state index is 4.22. The van der Waals surface area contributed by atoms with E-state index in [2.05, 4.69) is 17.2 Å². The van der Waals surface area contributed by atoms with Crippen LogP contribution in [0.5, 0.6) is 0 Å². The summed E-state index contributed by atoms with van der Waals surface area (Å²) in [5.41, 5.74) is 2.59. The van der Waals surface area contributed by atoms with Crippen LogP contribution < -0.4 is 0 Å². The van der Waals surface area contributed by atoms with Gasteiger partial charge in [0.15, 0.2) is 0 Å². The number of rotatable bonds is 0. The van der Waals surface area contributed by atoms with E-state index in [0.29, 0.717) is 5.92 Å². The van der Waals surface area contributed by atoms with Gasteiger partial charge in [0.05, 0.1) is 11.4 Å². The summed E-state index contributed by atoms with van der Waals surface area (Å²) >= 11 is 0. The van der Waals surface area contributed by atoms with Crippen LogP contribution in [0.3, 0.4) is 0 Å². The van der Waals surface area contributed by atoms with E-state index in [4.69, 9.17) is 0 Å². The molecule has 0 aromatic carbocycles. The summed E-state index contributed by atoms with van der Waals surface area (Å²) in [6, 6.07) is 0. The van der Waals surface area contributed by atoms with Gasteiger partial charge in [-0.1, -0.05) is 25.0 Å². The molecule has 1 aromatic rings. The molecule has 1 unspecified atom stereocenters. The zero-order valence-corrected chi connectivity index (χ0v) is 8.45.